The number of aromatic nitrogens is 1. The molecular formula is C49H83N5S. The van der Waals surface area contributed by atoms with Crippen molar-refractivity contribution in [2.24, 2.45) is 16.6 Å². The SMILES string of the molecule is C#CCCC.C=C(CCCCCC(C)CC)CCCN1CCN(S(=C)c2ccc3c(=Nc4c(CCC)cn(CC)c4C(=C)N)c3c2)CC1.CCC.CCCC. The number of piperazine rings is 1. The summed E-state index contributed by atoms with van der Waals surface area (Å²) in [6.45, 7) is 34.6. The van der Waals surface area contributed by atoms with Crippen LogP contribution < -0.4 is 11.1 Å². The standard InChI is InChI=1S/C37H57N5S.C5H8.C4H10.C3H8/c1-8-15-31-27-41(10-3)37(30(6)38)35(31)39-36-33-20-19-32(26-34(33)36)43(7)42-24-22-40(23-25-42)21-14-18-29(5)17-13-11-12-16-28(4)9-2;1-3-5-4-2;1-3-4-2;1-3-2/h19-20,26-28H,5-18,21-25,38H2,1-4H3;1H,4-5H2,2H3;3-4H2,1-2H3;3H2,1-2H3. The Labute approximate surface area is 342 Å². The molecule has 2 aromatic carbocycles. The van der Waals surface area contributed by atoms with E-state index in [1.165, 1.54) is 104 Å². The van der Waals surface area contributed by atoms with Crippen LogP contribution >= 0.6 is 10.7 Å². The van der Waals surface area contributed by atoms with Crippen LogP contribution in [0.4, 0.5) is 5.69 Å². The van der Waals surface area contributed by atoms with Crippen LogP contribution in [0, 0.1) is 18.3 Å². The smallest absolute Gasteiger partial charge is 0.0941 e. The fourth-order valence-electron chi connectivity index (χ4n) is 6.41. The van der Waals surface area contributed by atoms with E-state index >= 15 is 0 Å². The summed E-state index contributed by atoms with van der Waals surface area (Å²) in [6, 6.07) is 6.81. The minimum absolute atomic E-state index is 0.163. The Balaban J connectivity index is 0.00000110. The summed E-state index contributed by atoms with van der Waals surface area (Å²) in [7, 11) is -0.163. The van der Waals surface area contributed by atoms with Crippen LogP contribution in [0.25, 0.3) is 16.5 Å². The Morgan fingerprint density at radius 2 is 1.55 bits per heavy atom. The number of hydrogen-bond acceptors (Lipinski definition) is 4. The lowest BCUT2D eigenvalue weighted by molar-refractivity contribution is 0.194. The highest BCUT2D eigenvalue weighted by Crippen LogP contribution is 2.35. The molecule has 2 heterocycles. The van der Waals surface area contributed by atoms with Crippen LogP contribution in [-0.2, 0) is 13.0 Å². The number of allylic oxidation sites excluding steroid dienone is 1. The maximum atomic E-state index is 6.23. The number of nitrogens with two attached hydrogens (primary N) is 1. The van der Waals surface area contributed by atoms with Crippen molar-refractivity contribution in [3.63, 3.8) is 0 Å². The first-order chi connectivity index (χ1) is 26.5. The highest BCUT2D eigenvalue weighted by Gasteiger charge is 2.22. The van der Waals surface area contributed by atoms with E-state index in [9.17, 15) is 0 Å². The molecule has 0 aliphatic carbocycles. The molecule has 1 aromatic heterocycles. The highest BCUT2D eigenvalue weighted by molar-refractivity contribution is 8.12. The van der Waals surface area contributed by atoms with Crippen molar-refractivity contribution >= 4 is 38.7 Å². The van der Waals surface area contributed by atoms with Crippen LogP contribution in [0.5, 0.6) is 0 Å². The minimum Gasteiger partial charge on any atom is -0.397 e. The zero-order chi connectivity index (χ0) is 41.2. The topological polar surface area (TPSA) is 49.8 Å². The second kappa shape index (κ2) is 29.4. The number of nitrogens with zero attached hydrogens (tertiary/aromatic N) is 4. The maximum absolute atomic E-state index is 6.23. The molecule has 5 nitrogen and oxygen atoms in total. The third-order valence-electron chi connectivity index (χ3n) is 10.2. The molecule has 55 heavy (non-hydrogen) atoms. The zero-order valence-electron chi connectivity index (χ0n) is 37.2. The Bertz CT molecular complexity index is 1580. The van der Waals surface area contributed by atoms with Crippen molar-refractivity contribution < 1.29 is 0 Å². The van der Waals surface area contributed by atoms with E-state index in [1.807, 2.05) is 0 Å². The van der Waals surface area contributed by atoms with Crippen LogP contribution in [0.2, 0.25) is 0 Å². The molecule has 6 heteroatoms. The molecule has 310 valence electrons. The van der Waals surface area contributed by atoms with Gasteiger partial charge in [0.15, 0.2) is 0 Å². The Morgan fingerprint density at radius 3 is 2.07 bits per heavy atom. The molecule has 0 saturated carbocycles. The summed E-state index contributed by atoms with van der Waals surface area (Å²) in [6.07, 6.45) is 25.4. The second-order valence-electron chi connectivity index (χ2n) is 15.3. The quantitative estimate of drug-likeness (QED) is 0.0538. The first-order valence-corrected chi connectivity index (χ1v) is 23.4. The fourth-order valence-corrected chi connectivity index (χ4v) is 7.80. The zero-order valence-corrected chi connectivity index (χ0v) is 38.0. The third kappa shape index (κ3) is 18.3. The predicted octanol–water partition coefficient (Wildman–Crippen LogP) is 13.2. The van der Waals surface area contributed by atoms with Crippen molar-refractivity contribution in [2.45, 2.75) is 170 Å². The van der Waals surface area contributed by atoms with Crippen molar-refractivity contribution in [3.05, 3.63) is 59.7 Å². The van der Waals surface area contributed by atoms with Crippen LogP contribution in [0.1, 0.15) is 163 Å². The average Bonchev–Trinajstić information content (AvgIpc) is 3.75. The lowest BCUT2D eigenvalue weighted by Crippen LogP contribution is -2.44. The number of fused-ring (bicyclic) bond motifs is 1. The molecule has 0 amide bonds. The molecule has 0 radical (unpaired) electrons. The van der Waals surface area contributed by atoms with Gasteiger partial charge in [-0.15, -0.1) is 12.3 Å². The maximum Gasteiger partial charge on any atom is 0.0941 e. The molecule has 4 rings (SSSR count). The molecule has 3 aromatic rings. The van der Waals surface area contributed by atoms with E-state index in [0.717, 1.165) is 81.1 Å². The molecule has 2 unspecified atom stereocenters. The van der Waals surface area contributed by atoms with Gasteiger partial charge in [-0.05, 0) is 75.6 Å². The monoisotopic (exact) mass is 774 g/mol. The van der Waals surface area contributed by atoms with Gasteiger partial charge in [0.1, 0.15) is 0 Å². The number of aryl methyl sites for hydroxylation is 2. The van der Waals surface area contributed by atoms with Gasteiger partial charge in [-0.1, -0.05) is 148 Å². The van der Waals surface area contributed by atoms with E-state index in [4.69, 9.17) is 17.1 Å². The first kappa shape index (κ1) is 50.2. The van der Waals surface area contributed by atoms with Gasteiger partial charge < -0.3 is 15.2 Å². The number of rotatable bonds is 20. The third-order valence-corrected chi connectivity index (χ3v) is 12.0. The first-order valence-electron chi connectivity index (χ1n) is 22.0. The van der Waals surface area contributed by atoms with Gasteiger partial charge in [-0.25, -0.2) is 4.99 Å². The highest BCUT2D eigenvalue weighted by atomic mass is 32.2. The van der Waals surface area contributed by atoms with Gasteiger partial charge in [-0.3, -0.25) is 4.31 Å². The number of terminal acetylenes is 1. The van der Waals surface area contributed by atoms with E-state index in [1.54, 1.807) is 0 Å². The van der Waals surface area contributed by atoms with Crippen LogP contribution in [0.15, 0.2) is 53.0 Å². The van der Waals surface area contributed by atoms with E-state index in [0.29, 0.717) is 5.70 Å². The number of benzene rings is 1. The summed E-state index contributed by atoms with van der Waals surface area (Å²) in [4.78, 5) is 9.09. The lowest BCUT2D eigenvalue weighted by Gasteiger charge is -2.36. The molecule has 1 saturated heterocycles. The lowest BCUT2D eigenvalue weighted by atomic mass is 9.98. The Morgan fingerprint density at radius 1 is 0.891 bits per heavy atom. The molecule has 1 aliphatic rings. The number of unbranched alkanes of at least 4 members (excludes halogenated alkanes) is 4. The summed E-state index contributed by atoms with van der Waals surface area (Å²) >= 11 is 0. The van der Waals surface area contributed by atoms with Crippen molar-refractivity contribution in [2.75, 3.05) is 32.7 Å². The van der Waals surface area contributed by atoms with Crippen molar-refractivity contribution in [1.29, 1.82) is 0 Å². The second-order valence-corrected chi connectivity index (χ2v) is 17.1. The molecule has 2 N–H and O–H groups in total. The van der Waals surface area contributed by atoms with E-state index in [-0.39, 0.29) is 10.7 Å². The minimum atomic E-state index is -0.163. The fraction of sp³-hybridized carbons (Fsp3) is 0.633. The van der Waals surface area contributed by atoms with Crippen molar-refractivity contribution in [3.8, 4) is 12.3 Å². The van der Waals surface area contributed by atoms with Gasteiger partial charge in [-0.2, -0.15) is 0 Å². The number of hydrogen-bond donors (Lipinski definition) is 1. The van der Waals surface area contributed by atoms with Gasteiger partial charge in [0.05, 0.1) is 22.4 Å². The molecule has 1 fully saturated rings. The summed E-state index contributed by atoms with van der Waals surface area (Å²) in [5.41, 5.74) is 11.5. The normalized spacial score (nSPS) is 14.6. The van der Waals surface area contributed by atoms with Crippen LogP contribution in [0.3, 0.4) is 0 Å². The Kier molecular flexibility index (Phi) is 26.8. The largest absolute Gasteiger partial charge is 0.397 e. The summed E-state index contributed by atoms with van der Waals surface area (Å²) in [5, 5.41) is 3.60. The van der Waals surface area contributed by atoms with Gasteiger partial charge in [0.25, 0.3) is 0 Å². The van der Waals surface area contributed by atoms with Crippen LogP contribution in [-0.4, -0.2) is 52.4 Å². The molecule has 1 aliphatic heterocycles. The van der Waals surface area contributed by atoms with E-state index in [2.05, 4.69) is 125 Å². The molecular weight excluding hydrogens is 691 g/mol. The molecule has 2 atom stereocenters. The average molecular weight is 774 g/mol. The molecule has 0 bridgehead atoms. The summed E-state index contributed by atoms with van der Waals surface area (Å²) in [5.74, 6) is 8.01. The predicted molar refractivity (Wildman–Crippen MR) is 251 cm³/mol. The van der Waals surface area contributed by atoms with E-state index < -0.39 is 0 Å². The van der Waals surface area contributed by atoms with Crippen molar-refractivity contribution in [1.82, 2.24) is 13.8 Å². The molecule has 0 spiro atoms. The Hall–Kier alpha value is -2.85. The summed E-state index contributed by atoms with van der Waals surface area (Å²) < 4.78 is 4.75. The van der Waals surface area contributed by atoms with Gasteiger partial charge >= 0.3 is 0 Å². The van der Waals surface area contributed by atoms with Gasteiger partial charge in [0.2, 0.25) is 0 Å². The van der Waals surface area contributed by atoms with Gasteiger partial charge in [0, 0.05) is 61.0 Å².